The maximum Gasteiger partial charge on any atom is 0.220 e. The molecule has 3 N–H and O–H groups in total. The molecule has 2 rings (SSSR count). The summed E-state index contributed by atoms with van der Waals surface area (Å²) in [7, 11) is 0. The molecule has 3 heteroatoms. The van der Waals surface area contributed by atoms with Crippen LogP contribution >= 0.6 is 0 Å². The van der Waals surface area contributed by atoms with Gasteiger partial charge in [0.15, 0.2) is 0 Å². The van der Waals surface area contributed by atoms with Crippen molar-refractivity contribution in [3.63, 3.8) is 0 Å². The summed E-state index contributed by atoms with van der Waals surface area (Å²) in [6, 6.07) is 8.19. The summed E-state index contributed by atoms with van der Waals surface area (Å²) < 4.78 is 0. The van der Waals surface area contributed by atoms with Crippen LogP contribution in [0.1, 0.15) is 57.4 Å². The monoisotopic (exact) mass is 288 g/mol. The van der Waals surface area contributed by atoms with Gasteiger partial charge in [-0.2, -0.15) is 0 Å². The van der Waals surface area contributed by atoms with E-state index >= 15 is 0 Å². The highest BCUT2D eigenvalue weighted by Crippen LogP contribution is 2.31. The maximum atomic E-state index is 12.2. The van der Waals surface area contributed by atoms with Gasteiger partial charge in [-0.3, -0.25) is 4.79 Å². The SMILES string of the molecule is CCCCC(NC(=O)CCc1ccccc1N)C1CCC1. The molecule has 1 aliphatic carbocycles. The van der Waals surface area contributed by atoms with E-state index in [0.717, 1.165) is 24.1 Å². The highest BCUT2D eigenvalue weighted by atomic mass is 16.1. The number of carbonyl (C=O) groups is 1. The molecule has 1 unspecified atom stereocenters. The van der Waals surface area contributed by atoms with Crippen LogP contribution in [0.2, 0.25) is 0 Å². The van der Waals surface area contributed by atoms with Gasteiger partial charge in [0.2, 0.25) is 5.91 Å². The molecule has 1 aromatic carbocycles. The molecule has 21 heavy (non-hydrogen) atoms. The lowest BCUT2D eigenvalue weighted by Crippen LogP contribution is -2.42. The maximum absolute atomic E-state index is 12.2. The highest BCUT2D eigenvalue weighted by Gasteiger charge is 2.27. The molecule has 0 aromatic heterocycles. The Balaban J connectivity index is 1.80. The van der Waals surface area contributed by atoms with Gasteiger partial charge in [-0.1, -0.05) is 44.4 Å². The molecular weight excluding hydrogens is 260 g/mol. The predicted molar refractivity (Wildman–Crippen MR) is 88.0 cm³/mol. The van der Waals surface area contributed by atoms with E-state index in [0.29, 0.717) is 18.4 Å². The zero-order chi connectivity index (χ0) is 15.1. The number of anilines is 1. The highest BCUT2D eigenvalue weighted by molar-refractivity contribution is 5.76. The summed E-state index contributed by atoms with van der Waals surface area (Å²) >= 11 is 0. The molecule has 0 radical (unpaired) electrons. The third-order valence-corrected chi connectivity index (χ3v) is 4.61. The molecule has 1 fully saturated rings. The van der Waals surface area contributed by atoms with E-state index in [1.54, 1.807) is 0 Å². The fourth-order valence-corrected chi connectivity index (χ4v) is 2.98. The minimum absolute atomic E-state index is 0.172. The average Bonchev–Trinajstić information content (AvgIpc) is 2.42. The number of nitrogens with one attached hydrogen (secondary N) is 1. The van der Waals surface area contributed by atoms with Crippen molar-refractivity contribution in [1.82, 2.24) is 5.32 Å². The molecule has 1 saturated carbocycles. The summed E-state index contributed by atoms with van der Waals surface area (Å²) in [5.74, 6) is 0.883. The number of nitrogen functional groups attached to an aromatic ring is 1. The normalized spacial score (nSPS) is 16.2. The van der Waals surface area contributed by atoms with E-state index < -0.39 is 0 Å². The van der Waals surface area contributed by atoms with Gasteiger partial charge in [0.05, 0.1) is 0 Å². The molecular formula is C18H28N2O. The van der Waals surface area contributed by atoms with Crippen LogP contribution in [0.25, 0.3) is 0 Å². The third kappa shape index (κ3) is 4.76. The van der Waals surface area contributed by atoms with E-state index in [4.69, 9.17) is 5.73 Å². The lowest BCUT2D eigenvalue weighted by Gasteiger charge is -2.34. The van der Waals surface area contributed by atoms with Crippen LogP contribution in [-0.2, 0) is 11.2 Å². The van der Waals surface area contributed by atoms with Crippen LogP contribution in [0, 0.1) is 5.92 Å². The first-order valence-electron chi connectivity index (χ1n) is 8.33. The van der Waals surface area contributed by atoms with Crippen molar-refractivity contribution in [2.45, 2.75) is 64.3 Å². The van der Waals surface area contributed by atoms with Crippen molar-refractivity contribution in [2.75, 3.05) is 5.73 Å². The molecule has 0 spiro atoms. The first-order valence-corrected chi connectivity index (χ1v) is 8.33. The summed E-state index contributed by atoms with van der Waals surface area (Å²) in [6.45, 7) is 2.21. The fourth-order valence-electron chi connectivity index (χ4n) is 2.98. The summed E-state index contributed by atoms with van der Waals surface area (Å²) in [5.41, 5.74) is 7.78. The fraction of sp³-hybridized carbons (Fsp3) is 0.611. The van der Waals surface area contributed by atoms with E-state index in [2.05, 4.69) is 12.2 Å². The quantitative estimate of drug-likeness (QED) is 0.717. The Labute approximate surface area is 128 Å². The first-order chi connectivity index (χ1) is 10.2. The van der Waals surface area contributed by atoms with Crippen molar-refractivity contribution < 1.29 is 4.79 Å². The molecule has 1 aromatic rings. The van der Waals surface area contributed by atoms with Gasteiger partial charge < -0.3 is 11.1 Å². The van der Waals surface area contributed by atoms with Crippen molar-refractivity contribution in [3.05, 3.63) is 29.8 Å². The summed E-state index contributed by atoms with van der Waals surface area (Å²) in [5, 5.41) is 3.26. The average molecular weight is 288 g/mol. The Morgan fingerprint density at radius 2 is 2.14 bits per heavy atom. The molecule has 0 aliphatic heterocycles. The lowest BCUT2D eigenvalue weighted by molar-refractivity contribution is -0.122. The second-order valence-electron chi connectivity index (χ2n) is 6.21. The van der Waals surface area contributed by atoms with Gasteiger partial charge in [0, 0.05) is 18.2 Å². The number of hydrogen-bond donors (Lipinski definition) is 2. The number of nitrogens with two attached hydrogens (primary N) is 1. The zero-order valence-corrected chi connectivity index (χ0v) is 13.1. The summed E-state index contributed by atoms with van der Waals surface area (Å²) in [4.78, 5) is 12.2. The van der Waals surface area contributed by atoms with E-state index in [-0.39, 0.29) is 5.91 Å². The minimum Gasteiger partial charge on any atom is -0.399 e. The second-order valence-corrected chi connectivity index (χ2v) is 6.21. The smallest absolute Gasteiger partial charge is 0.220 e. The van der Waals surface area contributed by atoms with Crippen LogP contribution in [0.15, 0.2) is 24.3 Å². The standard InChI is InChI=1S/C18H28N2O/c1-2-3-11-17(15-8-6-9-15)20-18(21)13-12-14-7-4-5-10-16(14)19/h4-5,7,10,15,17H,2-3,6,8-9,11-13,19H2,1H3,(H,20,21). The van der Waals surface area contributed by atoms with Crippen LogP contribution < -0.4 is 11.1 Å². The Bertz CT molecular complexity index is 454. The Morgan fingerprint density at radius 1 is 1.38 bits per heavy atom. The van der Waals surface area contributed by atoms with Gasteiger partial charge in [0.1, 0.15) is 0 Å². The molecule has 0 heterocycles. The van der Waals surface area contributed by atoms with Crippen LogP contribution in [0.3, 0.4) is 0 Å². The predicted octanol–water partition coefficient (Wildman–Crippen LogP) is 3.68. The van der Waals surface area contributed by atoms with Crippen molar-refractivity contribution in [3.8, 4) is 0 Å². The van der Waals surface area contributed by atoms with Crippen molar-refractivity contribution >= 4 is 11.6 Å². The molecule has 1 amide bonds. The van der Waals surface area contributed by atoms with Crippen molar-refractivity contribution in [2.24, 2.45) is 5.92 Å². The van der Waals surface area contributed by atoms with Crippen LogP contribution in [0.4, 0.5) is 5.69 Å². The van der Waals surface area contributed by atoms with Gasteiger partial charge in [-0.25, -0.2) is 0 Å². The number of para-hydroxylation sites is 1. The van der Waals surface area contributed by atoms with E-state index in [1.165, 1.54) is 32.1 Å². The molecule has 1 atom stereocenters. The van der Waals surface area contributed by atoms with Crippen molar-refractivity contribution in [1.29, 1.82) is 0 Å². The Morgan fingerprint density at radius 3 is 2.76 bits per heavy atom. The molecule has 0 bridgehead atoms. The topological polar surface area (TPSA) is 55.1 Å². The molecule has 116 valence electrons. The Hall–Kier alpha value is -1.51. The number of amides is 1. The van der Waals surface area contributed by atoms with Gasteiger partial charge in [-0.15, -0.1) is 0 Å². The second kappa shape index (κ2) is 8.06. The van der Waals surface area contributed by atoms with Crippen LogP contribution in [0.5, 0.6) is 0 Å². The largest absolute Gasteiger partial charge is 0.399 e. The minimum atomic E-state index is 0.172. The first kappa shape index (κ1) is 15.9. The van der Waals surface area contributed by atoms with Gasteiger partial charge in [-0.05, 0) is 43.2 Å². The molecule has 1 aliphatic rings. The molecule has 3 nitrogen and oxygen atoms in total. The van der Waals surface area contributed by atoms with E-state index in [1.807, 2.05) is 24.3 Å². The summed E-state index contributed by atoms with van der Waals surface area (Å²) in [6.07, 6.45) is 8.66. The van der Waals surface area contributed by atoms with Gasteiger partial charge >= 0.3 is 0 Å². The number of hydrogen-bond acceptors (Lipinski definition) is 2. The zero-order valence-electron chi connectivity index (χ0n) is 13.1. The molecule has 0 saturated heterocycles. The van der Waals surface area contributed by atoms with Crippen LogP contribution in [-0.4, -0.2) is 11.9 Å². The number of unbranched alkanes of at least 4 members (excludes halogenated alkanes) is 1. The third-order valence-electron chi connectivity index (χ3n) is 4.61. The Kier molecular flexibility index (Phi) is 6.09. The number of carbonyl (C=O) groups excluding carboxylic acids is 1. The number of aryl methyl sites for hydroxylation is 1. The number of benzene rings is 1. The van der Waals surface area contributed by atoms with E-state index in [9.17, 15) is 4.79 Å². The van der Waals surface area contributed by atoms with Gasteiger partial charge in [0.25, 0.3) is 0 Å². The number of rotatable bonds is 8. The lowest BCUT2D eigenvalue weighted by atomic mass is 9.78.